The predicted octanol–water partition coefficient (Wildman–Crippen LogP) is 2.39. The topological polar surface area (TPSA) is 116 Å². The average molecular weight is 327 g/mol. The molecule has 0 aliphatic carbocycles. The molecule has 0 bridgehead atoms. The minimum Gasteiger partial charge on any atom is -0.360 e. The first-order valence-corrected chi connectivity index (χ1v) is 7.02. The van der Waals surface area contributed by atoms with Gasteiger partial charge in [-0.15, -0.1) is 0 Å². The minimum absolute atomic E-state index is 0.0128. The van der Waals surface area contributed by atoms with Crippen molar-refractivity contribution in [2.75, 3.05) is 5.32 Å². The fourth-order valence-corrected chi connectivity index (χ4v) is 2.13. The van der Waals surface area contributed by atoms with Gasteiger partial charge in [0, 0.05) is 30.0 Å². The van der Waals surface area contributed by atoms with Crippen LogP contribution in [0.4, 0.5) is 11.5 Å². The summed E-state index contributed by atoms with van der Waals surface area (Å²) in [7, 11) is 0. The van der Waals surface area contributed by atoms with Crippen LogP contribution < -0.4 is 5.32 Å². The highest BCUT2D eigenvalue weighted by molar-refractivity contribution is 5.89. The van der Waals surface area contributed by atoms with Gasteiger partial charge in [0.15, 0.2) is 5.82 Å². The SMILES string of the molecule is Cc1cc(NC(=O)Cn2cc(-c3ccc([N+](=O)[O-])cc3)cn2)no1. The second-order valence-electron chi connectivity index (χ2n) is 5.10. The van der Waals surface area contributed by atoms with Crippen LogP contribution in [0.2, 0.25) is 0 Å². The summed E-state index contributed by atoms with van der Waals surface area (Å²) in [5, 5.41) is 21.1. The van der Waals surface area contributed by atoms with Crippen LogP contribution in [0.5, 0.6) is 0 Å². The van der Waals surface area contributed by atoms with E-state index in [1.54, 1.807) is 37.5 Å². The maximum atomic E-state index is 11.9. The Bertz CT molecular complexity index is 881. The van der Waals surface area contributed by atoms with Crippen molar-refractivity contribution in [2.24, 2.45) is 0 Å². The maximum Gasteiger partial charge on any atom is 0.269 e. The molecule has 2 aromatic heterocycles. The Labute approximate surface area is 136 Å². The molecule has 2 heterocycles. The van der Waals surface area contributed by atoms with E-state index in [0.717, 1.165) is 11.1 Å². The number of nitro groups is 1. The van der Waals surface area contributed by atoms with E-state index < -0.39 is 4.92 Å². The monoisotopic (exact) mass is 327 g/mol. The summed E-state index contributed by atoms with van der Waals surface area (Å²) in [5.41, 5.74) is 1.56. The Balaban J connectivity index is 1.66. The summed E-state index contributed by atoms with van der Waals surface area (Å²) in [6.45, 7) is 1.74. The first-order valence-electron chi connectivity index (χ1n) is 7.02. The molecule has 0 saturated carbocycles. The number of rotatable bonds is 5. The third kappa shape index (κ3) is 3.46. The number of non-ortho nitro benzene ring substituents is 1. The van der Waals surface area contributed by atoms with E-state index in [9.17, 15) is 14.9 Å². The Morgan fingerprint density at radius 1 is 1.33 bits per heavy atom. The molecule has 0 fully saturated rings. The molecule has 0 radical (unpaired) electrons. The van der Waals surface area contributed by atoms with E-state index in [1.165, 1.54) is 16.8 Å². The van der Waals surface area contributed by atoms with E-state index in [4.69, 9.17) is 4.52 Å². The summed E-state index contributed by atoms with van der Waals surface area (Å²) in [4.78, 5) is 22.1. The zero-order valence-electron chi connectivity index (χ0n) is 12.7. The van der Waals surface area contributed by atoms with Crippen LogP contribution in [-0.4, -0.2) is 25.8 Å². The van der Waals surface area contributed by atoms with Gasteiger partial charge in [0.2, 0.25) is 5.91 Å². The van der Waals surface area contributed by atoms with Gasteiger partial charge in [0.05, 0.1) is 11.1 Å². The van der Waals surface area contributed by atoms with E-state index in [2.05, 4.69) is 15.6 Å². The highest BCUT2D eigenvalue weighted by atomic mass is 16.6. The molecule has 0 spiro atoms. The third-order valence-electron chi connectivity index (χ3n) is 3.25. The molecule has 9 nitrogen and oxygen atoms in total. The number of anilines is 1. The van der Waals surface area contributed by atoms with Crippen LogP contribution >= 0.6 is 0 Å². The van der Waals surface area contributed by atoms with E-state index in [-0.39, 0.29) is 18.1 Å². The average Bonchev–Trinajstić information content (AvgIpc) is 3.16. The lowest BCUT2D eigenvalue weighted by atomic mass is 10.1. The second-order valence-corrected chi connectivity index (χ2v) is 5.10. The minimum atomic E-state index is -0.455. The number of hydrogen-bond acceptors (Lipinski definition) is 6. The Morgan fingerprint density at radius 2 is 2.08 bits per heavy atom. The number of amides is 1. The smallest absolute Gasteiger partial charge is 0.269 e. The molecule has 122 valence electrons. The number of carbonyl (C=O) groups excluding carboxylic acids is 1. The van der Waals surface area contributed by atoms with E-state index in [0.29, 0.717) is 11.6 Å². The lowest BCUT2D eigenvalue weighted by molar-refractivity contribution is -0.384. The number of nitrogens with one attached hydrogen (secondary N) is 1. The van der Waals surface area contributed by atoms with Crippen LogP contribution in [0.1, 0.15) is 5.76 Å². The Hall–Kier alpha value is -3.49. The number of aromatic nitrogens is 3. The first-order chi connectivity index (χ1) is 11.5. The number of hydrogen-bond donors (Lipinski definition) is 1. The third-order valence-corrected chi connectivity index (χ3v) is 3.25. The van der Waals surface area contributed by atoms with Crippen LogP contribution in [0.15, 0.2) is 47.2 Å². The Kier molecular flexibility index (Phi) is 4.06. The van der Waals surface area contributed by atoms with Gasteiger partial charge < -0.3 is 9.84 Å². The molecule has 0 aliphatic rings. The van der Waals surface area contributed by atoms with Crippen molar-refractivity contribution >= 4 is 17.4 Å². The molecule has 0 atom stereocenters. The summed E-state index contributed by atoms with van der Waals surface area (Å²) in [6.07, 6.45) is 3.28. The van der Waals surface area contributed by atoms with Crippen LogP contribution in [0.25, 0.3) is 11.1 Å². The molecule has 1 amide bonds. The molecular weight excluding hydrogens is 314 g/mol. The zero-order chi connectivity index (χ0) is 17.1. The van der Waals surface area contributed by atoms with Gasteiger partial charge in [-0.2, -0.15) is 5.10 Å². The number of benzene rings is 1. The molecule has 0 unspecified atom stereocenters. The van der Waals surface area contributed by atoms with Crippen LogP contribution in [0, 0.1) is 17.0 Å². The highest BCUT2D eigenvalue weighted by Gasteiger charge is 2.10. The fourth-order valence-electron chi connectivity index (χ4n) is 2.13. The van der Waals surface area contributed by atoms with Gasteiger partial charge >= 0.3 is 0 Å². The molecule has 3 aromatic rings. The normalized spacial score (nSPS) is 10.5. The first kappa shape index (κ1) is 15.4. The molecule has 1 aromatic carbocycles. The Morgan fingerprint density at radius 3 is 2.71 bits per heavy atom. The van der Waals surface area contributed by atoms with Crippen LogP contribution in [0.3, 0.4) is 0 Å². The van der Waals surface area contributed by atoms with Crippen molar-refractivity contribution in [3.8, 4) is 11.1 Å². The molecular formula is C15H13N5O4. The van der Waals surface area contributed by atoms with Gasteiger partial charge in [-0.25, -0.2) is 0 Å². The van der Waals surface area contributed by atoms with E-state index >= 15 is 0 Å². The number of nitrogens with zero attached hydrogens (tertiary/aromatic N) is 4. The summed E-state index contributed by atoms with van der Waals surface area (Å²) < 4.78 is 6.34. The largest absolute Gasteiger partial charge is 0.360 e. The lowest BCUT2D eigenvalue weighted by Gasteiger charge is -2.01. The van der Waals surface area contributed by atoms with Gasteiger partial charge in [0.1, 0.15) is 12.3 Å². The standard InChI is InChI=1S/C15H13N5O4/c1-10-6-14(18-24-10)17-15(21)9-19-8-12(7-16-19)11-2-4-13(5-3-11)20(22)23/h2-8H,9H2,1H3,(H,17,18,21). The van der Waals surface area contributed by atoms with Crippen LogP contribution in [-0.2, 0) is 11.3 Å². The van der Waals surface area contributed by atoms with Crippen molar-refractivity contribution in [3.05, 3.63) is 58.6 Å². The molecule has 0 aliphatic heterocycles. The maximum absolute atomic E-state index is 11.9. The van der Waals surface area contributed by atoms with E-state index in [1.807, 2.05) is 0 Å². The van der Waals surface area contributed by atoms with Gasteiger partial charge in [-0.3, -0.25) is 19.6 Å². The predicted molar refractivity (Wildman–Crippen MR) is 84.2 cm³/mol. The summed E-state index contributed by atoms with van der Waals surface area (Å²) in [6, 6.07) is 7.73. The molecule has 9 heteroatoms. The van der Waals surface area contributed by atoms with Crippen molar-refractivity contribution in [1.29, 1.82) is 0 Å². The van der Waals surface area contributed by atoms with Crippen molar-refractivity contribution in [2.45, 2.75) is 13.5 Å². The molecule has 3 rings (SSSR count). The van der Waals surface area contributed by atoms with Crippen molar-refractivity contribution in [1.82, 2.24) is 14.9 Å². The van der Waals surface area contributed by atoms with Gasteiger partial charge in [0.25, 0.3) is 5.69 Å². The molecule has 0 saturated heterocycles. The second kappa shape index (κ2) is 6.32. The highest BCUT2D eigenvalue weighted by Crippen LogP contribution is 2.21. The zero-order valence-corrected chi connectivity index (χ0v) is 12.7. The lowest BCUT2D eigenvalue weighted by Crippen LogP contribution is -2.19. The van der Waals surface area contributed by atoms with Gasteiger partial charge in [-0.1, -0.05) is 5.16 Å². The number of nitro benzene ring substituents is 1. The summed E-state index contributed by atoms with van der Waals surface area (Å²) in [5.74, 6) is 0.659. The quantitative estimate of drug-likeness (QED) is 0.568. The number of carbonyl (C=O) groups is 1. The number of aryl methyl sites for hydroxylation is 1. The van der Waals surface area contributed by atoms with Crippen molar-refractivity contribution in [3.63, 3.8) is 0 Å². The van der Waals surface area contributed by atoms with Gasteiger partial charge in [-0.05, 0) is 24.6 Å². The molecule has 1 N–H and O–H groups in total. The molecule has 24 heavy (non-hydrogen) atoms. The van der Waals surface area contributed by atoms with Crippen molar-refractivity contribution < 1.29 is 14.2 Å². The summed E-state index contributed by atoms with van der Waals surface area (Å²) >= 11 is 0. The fraction of sp³-hybridized carbons (Fsp3) is 0.133.